The molecule has 3 unspecified atom stereocenters. The van der Waals surface area contributed by atoms with E-state index in [4.69, 9.17) is 0 Å². The molecule has 0 aromatic heterocycles. The molecule has 100 valence electrons. The molecular weight excluding hydrogens is 225 g/mol. The number of halogens is 1. The molecule has 0 bridgehead atoms. The molecule has 2 rings (SSSR count). The third-order valence-electron chi connectivity index (χ3n) is 4.15. The van der Waals surface area contributed by atoms with Crippen LogP contribution in [0.5, 0.6) is 0 Å². The predicted octanol–water partition coefficient (Wildman–Crippen LogP) is 4.30. The maximum Gasteiger partial charge on any atom is 0.123 e. The van der Waals surface area contributed by atoms with Crippen LogP contribution in [0.25, 0.3) is 0 Å². The van der Waals surface area contributed by atoms with Gasteiger partial charge in [-0.2, -0.15) is 0 Å². The lowest BCUT2D eigenvalue weighted by Gasteiger charge is -2.23. The minimum Gasteiger partial charge on any atom is -0.307 e. The van der Waals surface area contributed by atoms with E-state index in [0.717, 1.165) is 5.56 Å². The summed E-state index contributed by atoms with van der Waals surface area (Å²) in [7, 11) is 0. The Morgan fingerprint density at radius 1 is 1.33 bits per heavy atom. The van der Waals surface area contributed by atoms with E-state index in [9.17, 15) is 4.39 Å². The average molecular weight is 249 g/mol. The molecule has 2 heteroatoms. The molecule has 1 nitrogen and oxygen atoms in total. The van der Waals surface area contributed by atoms with Crippen molar-refractivity contribution >= 4 is 0 Å². The van der Waals surface area contributed by atoms with E-state index in [1.807, 2.05) is 6.07 Å². The van der Waals surface area contributed by atoms with E-state index in [2.05, 4.69) is 33.0 Å². The molecule has 1 fully saturated rings. The van der Waals surface area contributed by atoms with Crippen molar-refractivity contribution in [3.8, 4) is 0 Å². The molecule has 1 aliphatic carbocycles. The average Bonchev–Trinajstić information content (AvgIpc) is 2.51. The quantitative estimate of drug-likeness (QED) is 0.842. The topological polar surface area (TPSA) is 12.0 Å². The molecule has 1 N–H and O–H groups in total. The SMILES string of the molecule is CC(NC1CC(C)(C)CC1C)c1cccc(F)c1. The Balaban J connectivity index is 2.02. The van der Waals surface area contributed by atoms with Crippen LogP contribution in [0.2, 0.25) is 0 Å². The third-order valence-corrected chi connectivity index (χ3v) is 4.15. The molecule has 0 radical (unpaired) electrons. The van der Waals surface area contributed by atoms with Gasteiger partial charge in [-0.15, -0.1) is 0 Å². The first kappa shape index (κ1) is 13.5. The lowest BCUT2D eigenvalue weighted by atomic mass is 9.91. The van der Waals surface area contributed by atoms with Crippen LogP contribution in [-0.2, 0) is 0 Å². The first-order valence-corrected chi connectivity index (χ1v) is 6.89. The maximum absolute atomic E-state index is 13.2. The summed E-state index contributed by atoms with van der Waals surface area (Å²) in [5.74, 6) is 0.539. The van der Waals surface area contributed by atoms with Crippen molar-refractivity contribution < 1.29 is 4.39 Å². The lowest BCUT2D eigenvalue weighted by Crippen LogP contribution is -2.33. The van der Waals surface area contributed by atoms with Crippen LogP contribution >= 0.6 is 0 Å². The van der Waals surface area contributed by atoms with Gasteiger partial charge in [0.25, 0.3) is 0 Å². The Morgan fingerprint density at radius 3 is 2.61 bits per heavy atom. The second-order valence-corrected chi connectivity index (χ2v) is 6.60. The fourth-order valence-electron chi connectivity index (χ4n) is 3.31. The summed E-state index contributed by atoms with van der Waals surface area (Å²) >= 11 is 0. The molecule has 0 saturated heterocycles. The minimum absolute atomic E-state index is 0.152. The number of benzene rings is 1. The lowest BCUT2D eigenvalue weighted by molar-refractivity contribution is 0.356. The van der Waals surface area contributed by atoms with Crippen molar-refractivity contribution in [2.24, 2.45) is 11.3 Å². The van der Waals surface area contributed by atoms with Crippen LogP contribution in [-0.4, -0.2) is 6.04 Å². The first-order valence-electron chi connectivity index (χ1n) is 6.89. The van der Waals surface area contributed by atoms with Crippen molar-refractivity contribution in [2.75, 3.05) is 0 Å². The Morgan fingerprint density at radius 2 is 2.06 bits per heavy atom. The van der Waals surface area contributed by atoms with Crippen LogP contribution < -0.4 is 5.32 Å². The molecule has 1 aromatic rings. The van der Waals surface area contributed by atoms with Crippen LogP contribution in [0, 0.1) is 17.2 Å². The zero-order chi connectivity index (χ0) is 13.3. The molecule has 0 spiro atoms. The van der Waals surface area contributed by atoms with Gasteiger partial charge in [0.15, 0.2) is 0 Å². The van der Waals surface area contributed by atoms with Crippen molar-refractivity contribution in [3.63, 3.8) is 0 Å². The monoisotopic (exact) mass is 249 g/mol. The van der Waals surface area contributed by atoms with Crippen LogP contribution in [0.1, 0.15) is 52.1 Å². The van der Waals surface area contributed by atoms with Gasteiger partial charge < -0.3 is 5.32 Å². The second kappa shape index (κ2) is 5.00. The van der Waals surface area contributed by atoms with Gasteiger partial charge in [0.2, 0.25) is 0 Å². The van der Waals surface area contributed by atoms with Crippen molar-refractivity contribution in [1.29, 1.82) is 0 Å². The van der Waals surface area contributed by atoms with Crippen molar-refractivity contribution in [3.05, 3.63) is 35.6 Å². The minimum atomic E-state index is -0.152. The van der Waals surface area contributed by atoms with E-state index < -0.39 is 0 Å². The Hall–Kier alpha value is -0.890. The highest BCUT2D eigenvalue weighted by Crippen LogP contribution is 2.41. The fraction of sp³-hybridized carbons (Fsp3) is 0.625. The second-order valence-electron chi connectivity index (χ2n) is 6.60. The van der Waals surface area contributed by atoms with Gasteiger partial charge in [0.1, 0.15) is 5.82 Å². The smallest absolute Gasteiger partial charge is 0.123 e. The number of rotatable bonds is 3. The van der Waals surface area contributed by atoms with E-state index >= 15 is 0 Å². The van der Waals surface area contributed by atoms with Gasteiger partial charge in [-0.25, -0.2) is 4.39 Å². The number of hydrogen-bond donors (Lipinski definition) is 1. The molecule has 1 aromatic carbocycles. The zero-order valence-electron chi connectivity index (χ0n) is 11.8. The first-order chi connectivity index (χ1) is 8.37. The van der Waals surface area contributed by atoms with Crippen molar-refractivity contribution in [2.45, 2.75) is 52.6 Å². The summed E-state index contributed by atoms with van der Waals surface area (Å²) in [6, 6.07) is 7.65. The highest BCUT2D eigenvalue weighted by atomic mass is 19.1. The van der Waals surface area contributed by atoms with E-state index in [1.165, 1.54) is 18.9 Å². The van der Waals surface area contributed by atoms with Gasteiger partial charge in [-0.05, 0) is 48.8 Å². The number of nitrogens with one attached hydrogen (secondary N) is 1. The maximum atomic E-state index is 13.2. The van der Waals surface area contributed by atoms with E-state index in [1.54, 1.807) is 12.1 Å². The summed E-state index contributed by atoms with van der Waals surface area (Å²) in [5.41, 5.74) is 1.46. The molecule has 0 aliphatic heterocycles. The van der Waals surface area contributed by atoms with Crippen molar-refractivity contribution in [1.82, 2.24) is 5.32 Å². The molecule has 1 aliphatic rings. The number of hydrogen-bond acceptors (Lipinski definition) is 1. The van der Waals surface area contributed by atoms with Gasteiger partial charge in [0, 0.05) is 12.1 Å². The van der Waals surface area contributed by atoms with E-state index in [0.29, 0.717) is 17.4 Å². The molecular formula is C16H24FN. The zero-order valence-corrected chi connectivity index (χ0v) is 11.8. The predicted molar refractivity (Wildman–Crippen MR) is 73.9 cm³/mol. The highest BCUT2D eigenvalue weighted by Gasteiger charge is 2.36. The van der Waals surface area contributed by atoms with Gasteiger partial charge in [0.05, 0.1) is 0 Å². The summed E-state index contributed by atoms with van der Waals surface area (Å²) < 4.78 is 13.2. The molecule has 3 atom stereocenters. The molecule has 0 amide bonds. The third kappa shape index (κ3) is 3.11. The van der Waals surface area contributed by atoms with E-state index in [-0.39, 0.29) is 11.9 Å². The summed E-state index contributed by atoms with van der Waals surface area (Å²) in [6.45, 7) is 9.09. The Labute approximate surface area is 110 Å². The molecule has 0 heterocycles. The molecule has 1 saturated carbocycles. The van der Waals surface area contributed by atoms with Crippen LogP contribution in [0.15, 0.2) is 24.3 Å². The van der Waals surface area contributed by atoms with Gasteiger partial charge in [-0.3, -0.25) is 0 Å². The Kier molecular flexibility index (Phi) is 3.76. The largest absolute Gasteiger partial charge is 0.307 e. The van der Waals surface area contributed by atoms with Gasteiger partial charge in [-0.1, -0.05) is 32.9 Å². The summed E-state index contributed by atoms with van der Waals surface area (Å²) in [6.07, 6.45) is 2.47. The normalized spacial score (nSPS) is 28.3. The molecule has 18 heavy (non-hydrogen) atoms. The van der Waals surface area contributed by atoms with Crippen LogP contribution in [0.3, 0.4) is 0 Å². The standard InChI is InChI=1S/C16H24FN/c1-11-9-16(3,4)10-15(11)18-12(2)13-6-5-7-14(17)8-13/h5-8,11-12,15,18H,9-10H2,1-4H3. The Bertz CT molecular complexity index is 413. The fourth-order valence-corrected chi connectivity index (χ4v) is 3.31. The highest BCUT2D eigenvalue weighted by molar-refractivity contribution is 5.19. The summed E-state index contributed by atoms with van der Waals surface area (Å²) in [5, 5.41) is 3.66. The summed E-state index contributed by atoms with van der Waals surface area (Å²) in [4.78, 5) is 0. The van der Waals surface area contributed by atoms with Crippen LogP contribution in [0.4, 0.5) is 4.39 Å². The van der Waals surface area contributed by atoms with Gasteiger partial charge >= 0.3 is 0 Å².